The van der Waals surface area contributed by atoms with Crippen molar-refractivity contribution in [3.05, 3.63) is 18.5 Å². The van der Waals surface area contributed by atoms with Gasteiger partial charge in [0.25, 0.3) is 0 Å². The molecule has 0 amide bonds. The number of imidazole rings is 1. The van der Waals surface area contributed by atoms with Gasteiger partial charge in [0.1, 0.15) is 17.7 Å². The minimum Gasteiger partial charge on any atom is -0.390 e. The lowest BCUT2D eigenvalue weighted by Crippen LogP contribution is -2.34. The van der Waals surface area contributed by atoms with Crippen LogP contribution in [0.4, 0.5) is 11.8 Å². The molecule has 3 aromatic rings. The second-order valence-electron chi connectivity index (χ2n) is 6.20. The zero-order valence-corrected chi connectivity index (χ0v) is 13.9. The van der Waals surface area contributed by atoms with E-state index in [2.05, 4.69) is 35.0 Å². The summed E-state index contributed by atoms with van der Waals surface area (Å²) in [7, 11) is 1.91. The van der Waals surface area contributed by atoms with Crippen molar-refractivity contribution in [2.75, 3.05) is 36.8 Å². The minimum atomic E-state index is -0.523. The molecule has 3 aromatic heterocycles. The highest BCUT2D eigenvalue weighted by Gasteiger charge is 2.25. The van der Waals surface area contributed by atoms with Gasteiger partial charge in [0, 0.05) is 33.2 Å². The normalized spacial score (nSPS) is 19.4. The Morgan fingerprint density at radius 1 is 1.32 bits per heavy atom. The van der Waals surface area contributed by atoms with Crippen LogP contribution >= 0.6 is 0 Å². The number of H-pyrrole nitrogens is 1. The molecule has 11 nitrogen and oxygen atoms in total. The van der Waals surface area contributed by atoms with Crippen molar-refractivity contribution in [2.45, 2.75) is 12.6 Å². The van der Waals surface area contributed by atoms with Gasteiger partial charge in [-0.25, -0.2) is 4.98 Å². The topological polar surface area (TPSA) is 138 Å². The number of aromatic nitrogens is 7. The first-order chi connectivity index (χ1) is 12.1. The molecule has 1 aliphatic rings. The third-order valence-corrected chi connectivity index (χ3v) is 4.34. The van der Waals surface area contributed by atoms with Crippen LogP contribution in [0.15, 0.2) is 12.7 Å². The molecule has 1 atom stereocenters. The summed E-state index contributed by atoms with van der Waals surface area (Å²) >= 11 is 0. The number of aromatic amines is 1. The van der Waals surface area contributed by atoms with Crippen LogP contribution in [0, 0.1) is 0 Å². The van der Waals surface area contributed by atoms with Crippen LogP contribution in [-0.2, 0) is 13.6 Å². The summed E-state index contributed by atoms with van der Waals surface area (Å²) in [5, 5.41) is 18.5. The molecule has 0 spiro atoms. The minimum absolute atomic E-state index is 0.171. The standard InChI is InChI=1S/C14H20N10O/c1-22-8-18-21-10(22)6-23-2-3-24(5-9(25)4-23)13-11-12(17-7-16-11)19-14(15)20-13/h7-9,25H,2-6H2,1H3,(H3,15,16,17,19,20). The predicted molar refractivity (Wildman–Crippen MR) is 90.6 cm³/mol. The van der Waals surface area contributed by atoms with E-state index in [1.807, 2.05) is 16.5 Å². The highest BCUT2D eigenvalue weighted by molar-refractivity contribution is 5.84. The van der Waals surface area contributed by atoms with Crippen molar-refractivity contribution in [1.82, 2.24) is 39.6 Å². The Labute approximate surface area is 143 Å². The fourth-order valence-corrected chi connectivity index (χ4v) is 3.10. The Balaban J connectivity index is 1.56. The number of aryl methyl sites for hydroxylation is 1. The molecular formula is C14H20N10O. The molecule has 11 heteroatoms. The number of rotatable bonds is 3. The molecule has 1 saturated heterocycles. The summed E-state index contributed by atoms with van der Waals surface area (Å²) in [6.45, 7) is 3.09. The lowest BCUT2D eigenvalue weighted by molar-refractivity contribution is 0.127. The monoisotopic (exact) mass is 344 g/mol. The van der Waals surface area contributed by atoms with Crippen LogP contribution in [0.3, 0.4) is 0 Å². The van der Waals surface area contributed by atoms with E-state index in [9.17, 15) is 5.11 Å². The van der Waals surface area contributed by atoms with E-state index in [4.69, 9.17) is 5.73 Å². The summed E-state index contributed by atoms with van der Waals surface area (Å²) in [4.78, 5) is 19.8. The number of nitrogens with one attached hydrogen (secondary N) is 1. The Bertz CT molecular complexity index is 874. The number of aliphatic hydroxyl groups is 1. The van der Waals surface area contributed by atoms with Gasteiger partial charge >= 0.3 is 0 Å². The second-order valence-corrected chi connectivity index (χ2v) is 6.20. The molecule has 1 aliphatic heterocycles. The molecule has 0 radical (unpaired) electrons. The number of nitrogen functional groups attached to an aromatic ring is 1. The van der Waals surface area contributed by atoms with Gasteiger partial charge in [-0.15, -0.1) is 10.2 Å². The highest BCUT2D eigenvalue weighted by Crippen LogP contribution is 2.23. The van der Waals surface area contributed by atoms with E-state index in [0.29, 0.717) is 37.6 Å². The predicted octanol–water partition coefficient (Wildman–Crippen LogP) is -1.25. The number of aliphatic hydroxyl groups excluding tert-OH is 1. The zero-order valence-electron chi connectivity index (χ0n) is 13.9. The van der Waals surface area contributed by atoms with Crippen LogP contribution in [0.5, 0.6) is 0 Å². The number of hydrogen-bond donors (Lipinski definition) is 3. The number of fused-ring (bicyclic) bond motifs is 1. The van der Waals surface area contributed by atoms with E-state index in [1.54, 1.807) is 12.7 Å². The average Bonchev–Trinajstić information content (AvgIpc) is 3.14. The van der Waals surface area contributed by atoms with Crippen LogP contribution < -0.4 is 10.6 Å². The summed E-state index contributed by atoms with van der Waals surface area (Å²) in [5.41, 5.74) is 7.06. The van der Waals surface area contributed by atoms with Crippen molar-refractivity contribution < 1.29 is 5.11 Å². The van der Waals surface area contributed by atoms with E-state index in [-0.39, 0.29) is 5.95 Å². The maximum absolute atomic E-state index is 10.5. The SMILES string of the molecule is Cn1cnnc1CN1CCN(c2nc(N)nc3nc[nH]c23)CC(O)C1. The summed E-state index contributed by atoms with van der Waals surface area (Å²) in [6, 6.07) is 0. The Morgan fingerprint density at radius 3 is 3.00 bits per heavy atom. The van der Waals surface area contributed by atoms with Crippen molar-refractivity contribution >= 4 is 22.9 Å². The van der Waals surface area contributed by atoms with Crippen LogP contribution in [0.25, 0.3) is 11.2 Å². The van der Waals surface area contributed by atoms with Crippen molar-refractivity contribution in [3.63, 3.8) is 0 Å². The van der Waals surface area contributed by atoms with Gasteiger partial charge in [-0.05, 0) is 0 Å². The van der Waals surface area contributed by atoms with Crippen LogP contribution in [0.1, 0.15) is 5.82 Å². The van der Waals surface area contributed by atoms with E-state index >= 15 is 0 Å². The molecule has 0 aliphatic carbocycles. The molecule has 25 heavy (non-hydrogen) atoms. The molecule has 132 valence electrons. The van der Waals surface area contributed by atoms with Gasteiger partial charge in [-0.2, -0.15) is 9.97 Å². The lowest BCUT2D eigenvalue weighted by atomic mass is 10.3. The molecule has 0 saturated carbocycles. The van der Waals surface area contributed by atoms with Gasteiger partial charge < -0.3 is 25.3 Å². The summed E-state index contributed by atoms with van der Waals surface area (Å²) in [5.74, 6) is 1.70. The summed E-state index contributed by atoms with van der Waals surface area (Å²) < 4.78 is 1.88. The van der Waals surface area contributed by atoms with Crippen LogP contribution in [0.2, 0.25) is 0 Å². The van der Waals surface area contributed by atoms with E-state index in [0.717, 1.165) is 17.9 Å². The van der Waals surface area contributed by atoms with Crippen molar-refractivity contribution in [3.8, 4) is 0 Å². The lowest BCUT2D eigenvalue weighted by Gasteiger charge is -2.23. The number of β-amino-alcohol motifs (C(OH)–C–C–N with tert-alkyl or cyclic N) is 1. The van der Waals surface area contributed by atoms with Gasteiger partial charge in [0.15, 0.2) is 11.5 Å². The average molecular weight is 344 g/mol. The quantitative estimate of drug-likeness (QED) is 0.532. The molecule has 1 fully saturated rings. The van der Waals surface area contributed by atoms with Crippen LogP contribution in [-0.4, -0.2) is 77.0 Å². The van der Waals surface area contributed by atoms with Gasteiger partial charge in [0.2, 0.25) is 5.95 Å². The Kier molecular flexibility index (Phi) is 3.93. The first-order valence-corrected chi connectivity index (χ1v) is 8.05. The fourth-order valence-electron chi connectivity index (χ4n) is 3.10. The number of hydrogen-bond acceptors (Lipinski definition) is 9. The smallest absolute Gasteiger partial charge is 0.224 e. The maximum atomic E-state index is 10.5. The third-order valence-electron chi connectivity index (χ3n) is 4.34. The molecule has 0 aromatic carbocycles. The fraction of sp³-hybridized carbons (Fsp3) is 0.500. The molecule has 1 unspecified atom stereocenters. The molecule has 4 rings (SSSR count). The summed E-state index contributed by atoms with van der Waals surface area (Å²) in [6.07, 6.45) is 2.72. The third kappa shape index (κ3) is 3.10. The van der Waals surface area contributed by atoms with Crippen molar-refractivity contribution in [1.29, 1.82) is 0 Å². The number of anilines is 2. The molecular weight excluding hydrogens is 324 g/mol. The molecule has 4 N–H and O–H groups in total. The Morgan fingerprint density at radius 2 is 2.20 bits per heavy atom. The number of nitrogens with zero attached hydrogens (tertiary/aromatic N) is 8. The van der Waals surface area contributed by atoms with Gasteiger partial charge in [-0.3, -0.25) is 4.90 Å². The molecule has 0 bridgehead atoms. The Hall–Kier alpha value is -2.79. The second kappa shape index (κ2) is 6.26. The first-order valence-electron chi connectivity index (χ1n) is 8.05. The largest absolute Gasteiger partial charge is 0.390 e. The maximum Gasteiger partial charge on any atom is 0.224 e. The molecule has 4 heterocycles. The first kappa shape index (κ1) is 15.7. The van der Waals surface area contributed by atoms with Crippen molar-refractivity contribution in [2.24, 2.45) is 7.05 Å². The van der Waals surface area contributed by atoms with Gasteiger partial charge in [0.05, 0.1) is 19.0 Å². The van der Waals surface area contributed by atoms with E-state index < -0.39 is 6.10 Å². The van der Waals surface area contributed by atoms with Gasteiger partial charge in [-0.1, -0.05) is 0 Å². The zero-order chi connectivity index (χ0) is 17.4. The highest BCUT2D eigenvalue weighted by atomic mass is 16.3. The number of nitrogens with two attached hydrogens (primary N) is 1. The van der Waals surface area contributed by atoms with E-state index in [1.165, 1.54) is 0 Å².